The van der Waals surface area contributed by atoms with Crippen molar-refractivity contribution < 1.29 is 17.9 Å². The molecule has 0 bridgehead atoms. The van der Waals surface area contributed by atoms with Gasteiger partial charge in [-0.05, 0) is 42.5 Å². The number of esters is 1. The van der Waals surface area contributed by atoms with E-state index in [4.69, 9.17) is 0 Å². The monoisotopic (exact) mass is 471 g/mol. The average Bonchev–Trinajstić information content (AvgIpc) is 2.55. The summed E-state index contributed by atoms with van der Waals surface area (Å²) < 4.78 is 31.7. The zero-order valence-electron chi connectivity index (χ0n) is 12.4. The van der Waals surface area contributed by atoms with Crippen LogP contribution in [-0.2, 0) is 19.4 Å². The van der Waals surface area contributed by atoms with Crippen LogP contribution in [-0.4, -0.2) is 21.5 Å². The zero-order valence-corrected chi connectivity index (χ0v) is 16.4. The molecular formula is C16H11Br2NO4S. The lowest BCUT2D eigenvalue weighted by molar-refractivity contribution is -0.135. The predicted molar refractivity (Wildman–Crippen MR) is 97.7 cm³/mol. The molecule has 1 heterocycles. The van der Waals surface area contributed by atoms with E-state index in [0.29, 0.717) is 11.4 Å². The van der Waals surface area contributed by atoms with Crippen LogP contribution >= 0.6 is 31.9 Å². The first-order chi connectivity index (χ1) is 11.3. The maximum Gasteiger partial charge on any atom is 0.351 e. The van der Waals surface area contributed by atoms with Crippen molar-refractivity contribution in [2.75, 3.05) is 12.0 Å². The van der Waals surface area contributed by atoms with E-state index >= 15 is 0 Å². The van der Waals surface area contributed by atoms with E-state index in [1.807, 2.05) is 24.3 Å². The molecule has 0 fully saturated rings. The van der Waals surface area contributed by atoms with Gasteiger partial charge in [-0.3, -0.25) is 0 Å². The maximum atomic E-state index is 12.7. The summed E-state index contributed by atoms with van der Waals surface area (Å²) in [5, 5.41) is 0. The predicted octanol–water partition coefficient (Wildman–Crippen LogP) is 4.15. The van der Waals surface area contributed by atoms with Crippen molar-refractivity contribution in [2.24, 2.45) is 0 Å². The van der Waals surface area contributed by atoms with E-state index in [9.17, 15) is 13.2 Å². The Kier molecular flexibility index (Phi) is 4.54. The highest BCUT2D eigenvalue weighted by Gasteiger charge is 2.36. The van der Waals surface area contributed by atoms with Crippen molar-refractivity contribution in [1.29, 1.82) is 0 Å². The summed E-state index contributed by atoms with van der Waals surface area (Å²) in [6.07, 6.45) is 1.29. The van der Waals surface area contributed by atoms with Crippen LogP contribution in [0.25, 0.3) is 0 Å². The number of rotatable bonds is 2. The molecule has 0 unspecified atom stereocenters. The van der Waals surface area contributed by atoms with Crippen LogP contribution in [0.4, 0.5) is 11.4 Å². The number of anilines is 2. The van der Waals surface area contributed by atoms with E-state index in [2.05, 4.69) is 36.6 Å². The van der Waals surface area contributed by atoms with Gasteiger partial charge in [-0.15, -0.1) is 0 Å². The number of hydrogen-bond acceptors (Lipinski definition) is 5. The highest BCUT2D eigenvalue weighted by molar-refractivity contribution is 9.10. The van der Waals surface area contributed by atoms with Gasteiger partial charge in [-0.2, -0.15) is 0 Å². The molecule has 0 radical (unpaired) electrons. The highest BCUT2D eigenvalue weighted by atomic mass is 79.9. The Labute approximate surface area is 156 Å². The normalized spacial score (nSPS) is 15.5. The molecule has 0 aromatic heterocycles. The number of ether oxygens (including phenoxy) is 1. The molecule has 124 valence electrons. The van der Waals surface area contributed by atoms with E-state index < -0.39 is 20.7 Å². The van der Waals surface area contributed by atoms with Gasteiger partial charge >= 0.3 is 5.97 Å². The Hall–Kier alpha value is -1.64. The molecule has 0 atom stereocenters. The van der Waals surface area contributed by atoms with Gasteiger partial charge in [0.2, 0.25) is 9.84 Å². The number of nitrogens with zero attached hydrogens (tertiary/aromatic N) is 1. The Bertz CT molecular complexity index is 953. The average molecular weight is 473 g/mol. The van der Waals surface area contributed by atoms with Gasteiger partial charge in [-0.1, -0.05) is 31.9 Å². The second kappa shape index (κ2) is 6.34. The lowest BCUT2D eigenvalue weighted by atomic mass is 10.2. The molecule has 2 aromatic carbocycles. The number of carbonyl (C=O) groups is 1. The van der Waals surface area contributed by atoms with Gasteiger partial charge < -0.3 is 9.64 Å². The molecule has 5 nitrogen and oxygen atoms in total. The highest BCUT2D eigenvalue weighted by Crippen LogP contribution is 2.41. The van der Waals surface area contributed by atoms with Gasteiger partial charge in [-0.25, -0.2) is 13.2 Å². The third-order valence-corrected chi connectivity index (χ3v) is 6.29. The molecule has 1 aliphatic rings. The summed E-state index contributed by atoms with van der Waals surface area (Å²) in [5.74, 6) is -0.898. The number of hydrogen-bond donors (Lipinski definition) is 0. The first kappa shape index (κ1) is 17.2. The lowest BCUT2D eigenvalue weighted by Crippen LogP contribution is -2.26. The summed E-state index contributed by atoms with van der Waals surface area (Å²) >= 11 is 6.72. The van der Waals surface area contributed by atoms with Gasteiger partial charge in [0.1, 0.15) is 0 Å². The maximum absolute atomic E-state index is 12.7. The summed E-state index contributed by atoms with van der Waals surface area (Å²) in [6.45, 7) is 0. The van der Waals surface area contributed by atoms with E-state index in [1.54, 1.807) is 17.0 Å². The van der Waals surface area contributed by atoms with Crippen LogP contribution < -0.4 is 4.90 Å². The summed E-state index contributed by atoms with van der Waals surface area (Å²) in [5.41, 5.74) is 1.17. The molecular weight excluding hydrogens is 462 g/mol. The van der Waals surface area contributed by atoms with Crippen LogP contribution in [0.3, 0.4) is 0 Å². The van der Waals surface area contributed by atoms with Gasteiger partial charge in [0.05, 0.1) is 17.7 Å². The first-order valence-electron chi connectivity index (χ1n) is 6.74. The molecule has 0 saturated carbocycles. The topological polar surface area (TPSA) is 63.7 Å². The summed E-state index contributed by atoms with van der Waals surface area (Å²) in [7, 11) is -2.79. The first-order valence-corrected chi connectivity index (χ1v) is 9.81. The molecule has 0 spiro atoms. The van der Waals surface area contributed by atoms with Crippen LogP contribution in [0.5, 0.6) is 0 Å². The number of methoxy groups -OCH3 is 1. The van der Waals surface area contributed by atoms with E-state index in [-0.39, 0.29) is 4.90 Å². The second-order valence-corrected chi connectivity index (χ2v) is 8.66. The number of fused-ring (bicyclic) bond motifs is 1. The Morgan fingerprint density at radius 2 is 1.67 bits per heavy atom. The molecule has 0 amide bonds. The van der Waals surface area contributed by atoms with E-state index in [0.717, 1.165) is 16.1 Å². The minimum Gasteiger partial charge on any atom is -0.465 e. The number of sulfone groups is 1. The van der Waals surface area contributed by atoms with Gasteiger partial charge in [0.15, 0.2) is 4.91 Å². The van der Waals surface area contributed by atoms with Crippen molar-refractivity contribution in [3.8, 4) is 0 Å². The number of halogens is 2. The Morgan fingerprint density at radius 3 is 2.29 bits per heavy atom. The number of carbonyl (C=O) groups excluding carboxylic acids is 1. The number of benzene rings is 2. The van der Waals surface area contributed by atoms with Crippen molar-refractivity contribution in [1.82, 2.24) is 0 Å². The molecule has 24 heavy (non-hydrogen) atoms. The Morgan fingerprint density at radius 1 is 1.04 bits per heavy atom. The standard InChI is InChI=1S/C16H11Br2NO4S/c1-23-16(20)15-9-19(12-5-2-10(17)3-6-12)13-8-11(18)4-7-14(13)24(15,21)22/h2-9H,1H3. The quantitative estimate of drug-likeness (QED) is 0.614. The van der Waals surface area contributed by atoms with E-state index in [1.165, 1.54) is 12.3 Å². The van der Waals surface area contributed by atoms with Crippen molar-refractivity contribution in [3.63, 3.8) is 0 Å². The van der Waals surface area contributed by atoms with Crippen molar-refractivity contribution in [3.05, 3.63) is 62.5 Å². The van der Waals surface area contributed by atoms with Gasteiger partial charge in [0.25, 0.3) is 0 Å². The third-order valence-electron chi connectivity index (χ3n) is 3.50. The molecule has 0 saturated heterocycles. The Balaban J connectivity index is 2.28. The zero-order chi connectivity index (χ0) is 17.5. The van der Waals surface area contributed by atoms with Crippen LogP contribution in [0.15, 0.2) is 67.4 Å². The fourth-order valence-electron chi connectivity index (χ4n) is 2.36. The van der Waals surface area contributed by atoms with Gasteiger partial charge in [0, 0.05) is 20.8 Å². The minimum atomic E-state index is -3.95. The van der Waals surface area contributed by atoms with Crippen LogP contribution in [0, 0.1) is 0 Å². The molecule has 3 rings (SSSR count). The smallest absolute Gasteiger partial charge is 0.351 e. The largest absolute Gasteiger partial charge is 0.465 e. The fourth-order valence-corrected chi connectivity index (χ4v) is 4.44. The van der Waals surface area contributed by atoms with Crippen LogP contribution in [0.2, 0.25) is 0 Å². The van der Waals surface area contributed by atoms with Crippen molar-refractivity contribution in [2.45, 2.75) is 4.90 Å². The molecule has 8 heteroatoms. The molecule has 0 N–H and O–H groups in total. The second-order valence-electron chi connectivity index (χ2n) is 4.95. The SMILES string of the molecule is COC(=O)C1=CN(c2ccc(Br)cc2)c2cc(Br)ccc2S1(=O)=O. The third kappa shape index (κ3) is 2.89. The lowest BCUT2D eigenvalue weighted by Gasteiger charge is -2.28. The molecule has 1 aliphatic heterocycles. The summed E-state index contributed by atoms with van der Waals surface area (Å²) in [4.78, 5) is 13.3. The summed E-state index contributed by atoms with van der Waals surface area (Å²) in [6, 6.07) is 12.1. The molecule has 2 aromatic rings. The minimum absolute atomic E-state index is 0.0523. The van der Waals surface area contributed by atoms with Crippen LogP contribution in [0.1, 0.15) is 0 Å². The molecule has 0 aliphatic carbocycles. The fraction of sp³-hybridized carbons (Fsp3) is 0.0625. The van der Waals surface area contributed by atoms with Crippen molar-refractivity contribution >= 4 is 59.0 Å².